The lowest BCUT2D eigenvalue weighted by Crippen LogP contribution is -1.95. The Balaban J connectivity index is 1.95. The zero-order valence-corrected chi connectivity index (χ0v) is 11.3. The van der Waals surface area contributed by atoms with E-state index in [0.29, 0.717) is 12.4 Å². The molecule has 0 aliphatic heterocycles. The predicted octanol–water partition coefficient (Wildman–Crippen LogP) is 4.18. The number of carbonyl (C=O) groups is 1. The van der Waals surface area contributed by atoms with Crippen LogP contribution in [-0.2, 0) is 11.4 Å². The molecular formula is C16H12ClFO2. The van der Waals surface area contributed by atoms with Gasteiger partial charge in [-0.2, -0.15) is 0 Å². The van der Waals surface area contributed by atoms with Crippen molar-refractivity contribution < 1.29 is 13.9 Å². The summed E-state index contributed by atoms with van der Waals surface area (Å²) in [4.78, 5) is 10.6. The van der Waals surface area contributed by atoms with Gasteiger partial charge >= 0.3 is 0 Å². The Kier molecular flexibility index (Phi) is 4.91. The fraction of sp³-hybridized carbons (Fsp3) is 0.0625. The second kappa shape index (κ2) is 6.87. The summed E-state index contributed by atoms with van der Waals surface area (Å²) >= 11 is 5.21. The number of hydrogen-bond acceptors (Lipinski definition) is 2. The number of benzene rings is 2. The standard InChI is InChI=1S/C16H12ClFO2/c17-16(19)9-6-12-4-7-15(8-5-12)20-11-13-2-1-3-14(18)10-13/h1-10H,11H2/b9-6+. The molecule has 0 N–H and O–H groups in total. The quantitative estimate of drug-likeness (QED) is 0.610. The van der Waals surface area contributed by atoms with Gasteiger partial charge in [0.15, 0.2) is 0 Å². The molecule has 2 aromatic carbocycles. The van der Waals surface area contributed by atoms with Crippen LogP contribution in [0.4, 0.5) is 4.39 Å². The summed E-state index contributed by atoms with van der Waals surface area (Å²) < 4.78 is 18.5. The first kappa shape index (κ1) is 14.3. The molecule has 2 aromatic rings. The van der Waals surface area contributed by atoms with Crippen molar-refractivity contribution >= 4 is 22.9 Å². The van der Waals surface area contributed by atoms with Crippen LogP contribution < -0.4 is 4.74 Å². The summed E-state index contributed by atoms with van der Waals surface area (Å²) in [6, 6.07) is 13.4. The smallest absolute Gasteiger partial charge is 0.245 e. The largest absolute Gasteiger partial charge is 0.489 e. The number of ether oxygens (including phenoxy) is 1. The number of carbonyl (C=O) groups excluding carboxylic acids is 1. The highest BCUT2D eigenvalue weighted by Crippen LogP contribution is 2.15. The summed E-state index contributed by atoms with van der Waals surface area (Å²) in [5.41, 5.74) is 1.61. The van der Waals surface area contributed by atoms with E-state index in [4.69, 9.17) is 16.3 Å². The van der Waals surface area contributed by atoms with E-state index in [1.54, 1.807) is 42.5 Å². The normalized spacial score (nSPS) is 10.7. The number of halogens is 2. The van der Waals surface area contributed by atoms with Crippen LogP contribution in [0.5, 0.6) is 5.75 Å². The summed E-state index contributed by atoms with van der Waals surface area (Å²) in [6.07, 6.45) is 2.90. The topological polar surface area (TPSA) is 26.3 Å². The molecule has 102 valence electrons. The van der Waals surface area contributed by atoms with Crippen molar-refractivity contribution in [2.45, 2.75) is 6.61 Å². The van der Waals surface area contributed by atoms with Crippen molar-refractivity contribution in [3.8, 4) is 5.75 Å². The fourth-order valence-corrected chi connectivity index (χ4v) is 1.69. The molecule has 0 atom stereocenters. The zero-order valence-electron chi connectivity index (χ0n) is 10.6. The van der Waals surface area contributed by atoms with Gasteiger partial charge in [0.2, 0.25) is 5.24 Å². The van der Waals surface area contributed by atoms with Crippen LogP contribution in [0.3, 0.4) is 0 Å². The Hall–Kier alpha value is -2.13. The maximum absolute atomic E-state index is 13.0. The predicted molar refractivity (Wildman–Crippen MR) is 77.1 cm³/mol. The molecule has 0 spiro atoms. The molecule has 0 aliphatic rings. The van der Waals surface area contributed by atoms with Gasteiger partial charge in [-0.05, 0) is 53.1 Å². The third-order valence-corrected chi connectivity index (χ3v) is 2.71. The average molecular weight is 291 g/mol. The maximum atomic E-state index is 13.0. The first-order valence-electron chi connectivity index (χ1n) is 5.98. The van der Waals surface area contributed by atoms with Crippen LogP contribution in [-0.4, -0.2) is 5.24 Å². The molecule has 0 unspecified atom stereocenters. The Morgan fingerprint density at radius 1 is 1.20 bits per heavy atom. The van der Waals surface area contributed by atoms with Gasteiger partial charge in [-0.15, -0.1) is 0 Å². The SMILES string of the molecule is O=C(Cl)/C=C/c1ccc(OCc2cccc(F)c2)cc1. The van der Waals surface area contributed by atoms with Crippen LogP contribution in [0.15, 0.2) is 54.6 Å². The van der Waals surface area contributed by atoms with Crippen molar-refractivity contribution in [2.24, 2.45) is 0 Å². The Labute approximate surface area is 121 Å². The van der Waals surface area contributed by atoms with E-state index < -0.39 is 5.24 Å². The number of rotatable bonds is 5. The van der Waals surface area contributed by atoms with E-state index in [1.165, 1.54) is 18.2 Å². The Morgan fingerprint density at radius 2 is 1.95 bits per heavy atom. The van der Waals surface area contributed by atoms with Crippen LogP contribution in [0.25, 0.3) is 6.08 Å². The number of allylic oxidation sites excluding steroid dienone is 1. The molecule has 0 radical (unpaired) electrons. The summed E-state index contributed by atoms with van der Waals surface area (Å²) in [7, 11) is 0. The second-order valence-corrected chi connectivity index (χ2v) is 4.50. The minimum Gasteiger partial charge on any atom is -0.489 e. The van der Waals surface area contributed by atoms with E-state index >= 15 is 0 Å². The van der Waals surface area contributed by atoms with Crippen LogP contribution in [0, 0.1) is 5.82 Å². The zero-order chi connectivity index (χ0) is 14.4. The van der Waals surface area contributed by atoms with Gasteiger partial charge in [0, 0.05) is 0 Å². The van der Waals surface area contributed by atoms with Gasteiger partial charge in [0.1, 0.15) is 18.2 Å². The molecule has 0 aromatic heterocycles. The number of hydrogen-bond donors (Lipinski definition) is 0. The lowest BCUT2D eigenvalue weighted by molar-refractivity contribution is -0.107. The lowest BCUT2D eigenvalue weighted by atomic mass is 10.2. The van der Waals surface area contributed by atoms with Gasteiger partial charge in [-0.25, -0.2) is 4.39 Å². The molecule has 0 saturated carbocycles. The van der Waals surface area contributed by atoms with E-state index in [2.05, 4.69) is 0 Å². The van der Waals surface area contributed by atoms with Crippen LogP contribution in [0.2, 0.25) is 0 Å². The van der Waals surface area contributed by atoms with Crippen molar-refractivity contribution in [2.75, 3.05) is 0 Å². The molecule has 20 heavy (non-hydrogen) atoms. The van der Waals surface area contributed by atoms with E-state index in [-0.39, 0.29) is 5.82 Å². The molecule has 0 fully saturated rings. The van der Waals surface area contributed by atoms with Crippen molar-refractivity contribution in [3.63, 3.8) is 0 Å². The Morgan fingerprint density at radius 3 is 2.60 bits per heavy atom. The van der Waals surface area contributed by atoms with Gasteiger partial charge in [0.25, 0.3) is 0 Å². The minimum atomic E-state index is -0.517. The molecule has 0 heterocycles. The molecule has 0 saturated heterocycles. The minimum absolute atomic E-state index is 0.280. The van der Waals surface area contributed by atoms with Crippen LogP contribution in [0.1, 0.15) is 11.1 Å². The van der Waals surface area contributed by atoms with Crippen LogP contribution >= 0.6 is 11.6 Å². The summed E-state index contributed by atoms with van der Waals surface area (Å²) in [5.74, 6) is 0.390. The first-order valence-corrected chi connectivity index (χ1v) is 6.36. The van der Waals surface area contributed by atoms with E-state index in [9.17, 15) is 9.18 Å². The fourth-order valence-electron chi connectivity index (χ4n) is 1.63. The van der Waals surface area contributed by atoms with Gasteiger partial charge in [-0.1, -0.05) is 30.3 Å². The highest BCUT2D eigenvalue weighted by Gasteiger charge is 1.98. The molecule has 0 amide bonds. The highest BCUT2D eigenvalue weighted by molar-refractivity contribution is 6.66. The van der Waals surface area contributed by atoms with Crippen molar-refractivity contribution in [3.05, 3.63) is 71.6 Å². The molecule has 0 bridgehead atoms. The molecule has 2 rings (SSSR count). The average Bonchev–Trinajstić information content (AvgIpc) is 2.44. The van der Waals surface area contributed by atoms with Gasteiger partial charge in [0.05, 0.1) is 0 Å². The van der Waals surface area contributed by atoms with Gasteiger partial charge in [-0.3, -0.25) is 4.79 Å². The van der Waals surface area contributed by atoms with E-state index in [0.717, 1.165) is 11.1 Å². The van der Waals surface area contributed by atoms with Gasteiger partial charge < -0.3 is 4.74 Å². The summed E-state index contributed by atoms with van der Waals surface area (Å²) in [6.45, 7) is 0.299. The highest BCUT2D eigenvalue weighted by atomic mass is 35.5. The van der Waals surface area contributed by atoms with Crippen molar-refractivity contribution in [1.29, 1.82) is 0 Å². The van der Waals surface area contributed by atoms with E-state index in [1.807, 2.05) is 0 Å². The third kappa shape index (κ3) is 4.52. The molecule has 2 nitrogen and oxygen atoms in total. The first-order chi connectivity index (χ1) is 9.63. The monoisotopic (exact) mass is 290 g/mol. The Bertz CT molecular complexity index is 621. The summed E-state index contributed by atoms with van der Waals surface area (Å²) in [5, 5.41) is -0.517. The molecular weight excluding hydrogens is 279 g/mol. The maximum Gasteiger partial charge on any atom is 0.245 e. The van der Waals surface area contributed by atoms with Crippen molar-refractivity contribution in [1.82, 2.24) is 0 Å². The molecule has 4 heteroatoms. The third-order valence-electron chi connectivity index (χ3n) is 2.58. The molecule has 0 aliphatic carbocycles. The second-order valence-electron chi connectivity index (χ2n) is 4.13. The lowest BCUT2D eigenvalue weighted by Gasteiger charge is -2.06.